The van der Waals surface area contributed by atoms with E-state index >= 15 is 0 Å². The van der Waals surface area contributed by atoms with Gasteiger partial charge in [0, 0.05) is 6.54 Å². The van der Waals surface area contributed by atoms with Crippen LogP contribution < -0.4 is 10.1 Å². The Labute approximate surface area is 119 Å². The lowest BCUT2D eigenvalue weighted by Crippen LogP contribution is -2.32. The molecular formula is C14H19NO4S. The number of sulfone groups is 1. The number of hydrogen-bond donors (Lipinski definition) is 1. The predicted molar refractivity (Wildman–Crippen MR) is 76.5 cm³/mol. The maximum atomic E-state index is 11.9. The van der Waals surface area contributed by atoms with Crippen LogP contribution in [0.3, 0.4) is 0 Å². The third-order valence-corrected chi connectivity index (χ3v) is 5.26. The smallest absolute Gasteiger partial charge is 0.224 e. The van der Waals surface area contributed by atoms with Crippen molar-refractivity contribution in [3.8, 4) is 5.75 Å². The summed E-state index contributed by atoms with van der Waals surface area (Å²) in [5, 5.41) is 2.80. The van der Waals surface area contributed by atoms with Crippen LogP contribution in [-0.2, 0) is 21.1 Å². The fourth-order valence-corrected chi connectivity index (χ4v) is 4.12. The Balaban J connectivity index is 1.83. The number of rotatable bonds is 5. The van der Waals surface area contributed by atoms with E-state index in [4.69, 9.17) is 4.74 Å². The normalized spacial score (nSPS) is 20.6. The van der Waals surface area contributed by atoms with Crippen LogP contribution in [0.25, 0.3) is 0 Å². The lowest BCUT2D eigenvalue weighted by molar-refractivity contribution is -0.124. The SMILES string of the molecule is COc1ccccc1CCNC(=O)C1CCS(=O)(=O)C1. The van der Waals surface area contributed by atoms with E-state index in [0.29, 0.717) is 19.4 Å². The van der Waals surface area contributed by atoms with Crippen molar-refractivity contribution in [1.29, 1.82) is 0 Å². The monoisotopic (exact) mass is 297 g/mol. The Bertz CT molecular complexity index is 583. The van der Waals surface area contributed by atoms with Crippen LogP contribution in [0.15, 0.2) is 24.3 Å². The van der Waals surface area contributed by atoms with Gasteiger partial charge in [-0.25, -0.2) is 8.42 Å². The number of para-hydroxylation sites is 1. The second-order valence-corrected chi connectivity index (χ2v) is 7.18. The minimum atomic E-state index is -3.01. The van der Waals surface area contributed by atoms with Crippen molar-refractivity contribution in [2.24, 2.45) is 5.92 Å². The van der Waals surface area contributed by atoms with Gasteiger partial charge in [0.05, 0.1) is 24.5 Å². The number of hydrogen-bond acceptors (Lipinski definition) is 4. The van der Waals surface area contributed by atoms with Gasteiger partial charge in [-0.2, -0.15) is 0 Å². The van der Waals surface area contributed by atoms with Crippen LogP contribution in [-0.4, -0.2) is 39.5 Å². The molecule has 1 aliphatic rings. The van der Waals surface area contributed by atoms with Gasteiger partial charge in [0.15, 0.2) is 9.84 Å². The first-order valence-electron chi connectivity index (χ1n) is 6.62. The molecule has 0 spiro atoms. The molecule has 1 aliphatic heterocycles. The topological polar surface area (TPSA) is 72.5 Å². The largest absolute Gasteiger partial charge is 0.496 e. The summed E-state index contributed by atoms with van der Waals surface area (Å²) in [7, 11) is -1.40. The first-order chi connectivity index (χ1) is 9.52. The molecule has 0 saturated carbocycles. The Kier molecular flexibility index (Phi) is 4.65. The van der Waals surface area contributed by atoms with E-state index < -0.39 is 15.8 Å². The van der Waals surface area contributed by atoms with Gasteiger partial charge >= 0.3 is 0 Å². The van der Waals surface area contributed by atoms with E-state index in [0.717, 1.165) is 11.3 Å². The summed E-state index contributed by atoms with van der Waals surface area (Å²) in [6, 6.07) is 7.64. The summed E-state index contributed by atoms with van der Waals surface area (Å²) in [6.45, 7) is 0.482. The van der Waals surface area contributed by atoms with E-state index in [1.807, 2.05) is 24.3 Å². The molecule has 1 aromatic carbocycles. The van der Waals surface area contributed by atoms with Crippen molar-refractivity contribution in [2.75, 3.05) is 25.2 Å². The van der Waals surface area contributed by atoms with Crippen molar-refractivity contribution in [3.05, 3.63) is 29.8 Å². The summed E-state index contributed by atoms with van der Waals surface area (Å²) < 4.78 is 27.9. The molecular weight excluding hydrogens is 278 g/mol. The molecule has 0 bridgehead atoms. The third-order valence-electron chi connectivity index (χ3n) is 3.49. The van der Waals surface area contributed by atoms with E-state index in [1.165, 1.54) is 0 Å². The molecule has 1 atom stereocenters. The van der Waals surface area contributed by atoms with Gasteiger partial charge < -0.3 is 10.1 Å². The average Bonchev–Trinajstić information content (AvgIpc) is 2.79. The summed E-state index contributed by atoms with van der Waals surface area (Å²) in [4.78, 5) is 11.9. The van der Waals surface area contributed by atoms with Crippen LogP contribution in [0.1, 0.15) is 12.0 Å². The molecule has 1 saturated heterocycles. The van der Waals surface area contributed by atoms with Gasteiger partial charge in [0.2, 0.25) is 5.91 Å². The maximum absolute atomic E-state index is 11.9. The lowest BCUT2D eigenvalue weighted by Gasteiger charge is -2.11. The molecule has 5 nitrogen and oxygen atoms in total. The van der Waals surface area contributed by atoms with Crippen molar-refractivity contribution in [1.82, 2.24) is 5.32 Å². The zero-order valence-corrected chi connectivity index (χ0v) is 12.3. The Hall–Kier alpha value is -1.56. The predicted octanol–water partition coefficient (Wildman–Crippen LogP) is 0.789. The molecule has 6 heteroatoms. The molecule has 1 aromatic rings. The highest BCUT2D eigenvalue weighted by Gasteiger charge is 2.32. The molecule has 0 aromatic heterocycles. The van der Waals surface area contributed by atoms with Crippen LogP contribution >= 0.6 is 0 Å². The van der Waals surface area contributed by atoms with Crippen LogP contribution in [0.2, 0.25) is 0 Å². The average molecular weight is 297 g/mol. The summed E-state index contributed by atoms with van der Waals surface area (Å²) in [6.07, 6.45) is 1.10. The molecule has 20 heavy (non-hydrogen) atoms. The number of nitrogens with one attached hydrogen (secondary N) is 1. The zero-order chi connectivity index (χ0) is 14.6. The highest BCUT2D eigenvalue weighted by Crippen LogP contribution is 2.19. The van der Waals surface area contributed by atoms with Crippen LogP contribution in [0.5, 0.6) is 5.75 Å². The highest BCUT2D eigenvalue weighted by molar-refractivity contribution is 7.91. The van der Waals surface area contributed by atoms with Gasteiger partial charge in [0.25, 0.3) is 0 Å². The van der Waals surface area contributed by atoms with Crippen LogP contribution in [0, 0.1) is 5.92 Å². The molecule has 110 valence electrons. The van der Waals surface area contributed by atoms with E-state index in [1.54, 1.807) is 7.11 Å². The Morgan fingerprint density at radius 2 is 2.15 bits per heavy atom. The molecule has 1 unspecified atom stereocenters. The minimum absolute atomic E-state index is 0.0203. The number of amides is 1. The van der Waals surface area contributed by atoms with E-state index in [-0.39, 0.29) is 17.4 Å². The molecule has 1 N–H and O–H groups in total. The summed E-state index contributed by atoms with van der Waals surface area (Å²) >= 11 is 0. The van der Waals surface area contributed by atoms with Gasteiger partial charge in [-0.1, -0.05) is 18.2 Å². The molecule has 2 rings (SSSR count). The van der Waals surface area contributed by atoms with E-state index in [2.05, 4.69) is 5.32 Å². The Morgan fingerprint density at radius 3 is 2.80 bits per heavy atom. The standard InChI is InChI=1S/C14H19NO4S/c1-19-13-5-3-2-4-11(13)6-8-15-14(16)12-7-9-20(17,18)10-12/h2-5,12H,6-10H2,1H3,(H,15,16). The maximum Gasteiger partial charge on any atom is 0.224 e. The lowest BCUT2D eigenvalue weighted by atomic mass is 10.1. The molecule has 0 aliphatic carbocycles. The molecule has 1 heterocycles. The fourth-order valence-electron chi connectivity index (χ4n) is 2.38. The fraction of sp³-hybridized carbons (Fsp3) is 0.500. The van der Waals surface area contributed by atoms with Gasteiger partial charge in [-0.3, -0.25) is 4.79 Å². The van der Waals surface area contributed by atoms with Gasteiger partial charge in [-0.05, 0) is 24.5 Å². The molecule has 1 fully saturated rings. The minimum Gasteiger partial charge on any atom is -0.496 e. The number of carbonyl (C=O) groups excluding carboxylic acids is 1. The van der Waals surface area contributed by atoms with Crippen LogP contribution in [0.4, 0.5) is 0 Å². The summed E-state index contributed by atoms with van der Waals surface area (Å²) in [5.41, 5.74) is 1.02. The quantitative estimate of drug-likeness (QED) is 0.872. The number of ether oxygens (including phenoxy) is 1. The second kappa shape index (κ2) is 6.26. The third kappa shape index (κ3) is 3.72. The molecule has 0 radical (unpaired) electrons. The molecule has 1 amide bonds. The zero-order valence-electron chi connectivity index (χ0n) is 11.5. The van der Waals surface area contributed by atoms with Gasteiger partial charge in [0.1, 0.15) is 5.75 Å². The van der Waals surface area contributed by atoms with Crippen molar-refractivity contribution >= 4 is 15.7 Å². The first kappa shape index (κ1) is 14.8. The van der Waals surface area contributed by atoms with Crippen molar-refractivity contribution in [2.45, 2.75) is 12.8 Å². The number of methoxy groups -OCH3 is 1. The number of benzene rings is 1. The van der Waals surface area contributed by atoms with Gasteiger partial charge in [-0.15, -0.1) is 0 Å². The summed E-state index contributed by atoms with van der Waals surface area (Å²) in [5.74, 6) is 0.342. The second-order valence-electron chi connectivity index (χ2n) is 4.95. The van der Waals surface area contributed by atoms with Crippen molar-refractivity contribution in [3.63, 3.8) is 0 Å². The van der Waals surface area contributed by atoms with Crippen molar-refractivity contribution < 1.29 is 17.9 Å². The Morgan fingerprint density at radius 1 is 1.40 bits per heavy atom. The number of carbonyl (C=O) groups is 1. The van der Waals surface area contributed by atoms with E-state index in [9.17, 15) is 13.2 Å². The highest BCUT2D eigenvalue weighted by atomic mass is 32.2. The first-order valence-corrected chi connectivity index (χ1v) is 8.44.